The van der Waals surface area contributed by atoms with Crippen molar-refractivity contribution in [3.63, 3.8) is 0 Å². The van der Waals surface area contributed by atoms with Crippen LogP contribution in [0, 0.1) is 5.92 Å². The fourth-order valence-electron chi connectivity index (χ4n) is 2.52. The van der Waals surface area contributed by atoms with E-state index in [2.05, 4.69) is 25.1 Å². The van der Waals surface area contributed by atoms with Crippen LogP contribution in [0.1, 0.15) is 43.4 Å². The third kappa shape index (κ3) is 1.94. The lowest BCUT2D eigenvalue weighted by atomic mass is 9.98. The summed E-state index contributed by atoms with van der Waals surface area (Å²) in [6.45, 7) is 2.11. The van der Waals surface area contributed by atoms with Gasteiger partial charge in [0.05, 0.1) is 0 Å². The third-order valence-electron chi connectivity index (χ3n) is 3.63. The van der Waals surface area contributed by atoms with Crippen LogP contribution >= 0.6 is 0 Å². The molecule has 1 aromatic rings. The highest BCUT2D eigenvalue weighted by Gasteiger charge is 2.25. The van der Waals surface area contributed by atoms with Gasteiger partial charge in [-0.2, -0.15) is 0 Å². The van der Waals surface area contributed by atoms with Gasteiger partial charge in [0, 0.05) is 12.5 Å². The summed E-state index contributed by atoms with van der Waals surface area (Å²) in [6, 6.07) is 6.67. The zero-order valence-electron chi connectivity index (χ0n) is 9.78. The molecule has 1 saturated carbocycles. The van der Waals surface area contributed by atoms with Crippen LogP contribution < -0.4 is 10.5 Å². The molecule has 0 aromatic heterocycles. The van der Waals surface area contributed by atoms with Crippen LogP contribution in [-0.2, 0) is 6.42 Å². The Morgan fingerprint density at radius 2 is 2.25 bits per heavy atom. The van der Waals surface area contributed by atoms with E-state index in [-0.39, 0.29) is 6.04 Å². The third-order valence-corrected chi connectivity index (χ3v) is 3.63. The molecule has 0 bridgehead atoms. The molecule has 0 radical (unpaired) electrons. The fraction of sp³-hybridized carbons (Fsp3) is 0.571. The van der Waals surface area contributed by atoms with Crippen molar-refractivity contribution in [1.82, 2.24) is 0 Å². The van der Waals surface area contributed by atoms with Gasteiger partial charge in [-0.05, 0) is 36.5 Å². The van der Waals surface area contributed by atoms with Gasteiger partial charge in [0.25, 0.3) is 0 Å². The summed E-state index contributed by atoms with van der Waals surface area (Å²) in [5.41, 5.74) is 8.83. The first-order chi connectivity index (χ1) is 7.72. The van der Waals surface area contributed by atoms with Gasteiger partial charge in [-0.25, -0.2) is 0 Å². The zero-order valence-corrected chi connectivity index (χ0v) is 9.78. The van der Waals surface area contributed by atoms with Crippen molar-refractivity contribution >= 4 is 0 Å². The van der Waals surface area contributed by atoms with E-state index in [9.17, 15) is 0 Å². The van der Waals surface area contributed by atoms with Crippen molar-refractivity contribution in [2.24, 2.45) is 11.7 Å². The molecule has 16 heavy (non-hydrogen) atoms. The van der Waals surface area contributed by atoms with Crippen molar-refractivity contribution in [2.75, 3.05) is 0 Å². The van der Waals surface area contributed by atoms with Gasteiger partial charge >= 0.3 is 0 Å². The second-order valence-corrected chi connectivity index (χ2v) is 5.29. The molecule has 0 spiro atoms. The van der Waals surface area contributed by atoms with E-state index in [4.69, 9.17) is 10.5 Å². The van der Waals surface area contributed by atoms with Crippen LogP contribution in [0.2, 0.25) is 0 Å². The Morgan fingerprint density at radius 1 is 1.44 bits per heavy atom. The maximum atomic E-state index is 6.22. The summed E-state index contributed by atoms with van der Waals surface area (Å²) < 4.78 is 5.69. The van der Waals surface area contributed by atoms with Gasteiger partial charge in [-0.15, -0.1) is 0 Å². The number of ether oxygens (including phenoxy) is 1. The van der Waals surface area contributed by atoms with Crippen molar-refractivity contribution in [2.45, 2.75) is 44.8 Å². The lowest BCUT2D eigenvalue weighted by Gasteiger charge is -2.12. The Morgan fingerprint density at radius 3 is 3.00 bits per heavy atom. The maximum absolute atomic E-state index is 6.22. The molecule has 0 amide bonds. The van der Waals surface area contributed by atoms with E-state index >= 15 is 0 Å². The van der Waals surface area contributed by atoms with Crippen LogP contribution in [0.3, 0.4) is 0 Å². The summed E-state index contributed by atoms with van der Waals surface area (Å²) in [6.07, 6.45) is 5.25. The molecular weight excluding hydrogens is 198 g/mol. The standard InChI is InChI=1S/C14H19NO/c1-9-6-12-8-11(4-5-14(12)16-9)13(15)7-10-2-3-10/h4-5,8-10,13H,2-3,6-7,15H2,1H3. The highest BCUT2D eigenvalue weighted by molar-refractivity contribution is 5.41. The lowest BCUT2D eigenvalue weighted by Crippen LogP contribution is -2.11. The summed E-state index contributed by atoms with van der Waals surface area (Å²) in [5, 5.41) is 0. The highest BCUT2D eigenvalue weighted by Crippen LogP contribution is 2.38. The van der Waals surface area contributed by atoms with Gasteiger partial charge in [0.15, 0.2) is 0 Å². The molecule has 2 nitrogen and oxygen atoms in total. The molecule has 0 saturated heterocycles. The molecule has 2 unspecified atom stereocenters. The number of rotatable bonds is 3. The minimum atomic E-state index is 0.216. The molecule has 2 atom stereocenters. The molecule has 1 fully saturated rings. The van der Waals surface area contributed by atoms with Gasteiger partial charge < -0.3 is 10.5 Å². The van der Waals surface area contributed by atoms with Crippen molar-refractivity contribution in [3.05, 3.63) is 29.3 Å². The summed E-state index contributed by atoms with van der Waals surface area (Å²) in [5.74, 6) is 1.94. The molecule has 2 heteroatoms. The summed E-state index contributed by atoms with van der Waals surface area (Å²) >= 11 is 0. The second kappa shape index (κ2) is 3.77. The highest BCUT2D eigenvalue weighted by atomic mass is 16.5. The fourth-order valence-corrected chi connectivity index (χ4v) is 2.52. The smallest absolute Gasteiger partial charge is 0.123 e. The Balaban J connectivity index is 1.78. The van der Waals surface area contributed by atoms with E-state index in [1.807, 2.05) is 0 Å². The average Bonchev–Trinajstić information content (AvgIpc) is 2.96. The predicted octanol–water partition coefficient (Wildman–Crippen LogP) is 2.81. The topological polar surface area (TPSA) is 35.2 Å². The van der Waals surface area contributed by atoms with Gasteiger partial charge in [0.1, 0.15) is 11.9 Å². The van der Waals surface area contributed by atoms with E-state index in [1.54, 1.807) is 0 Å². The largest absolute Gasteiger partial charge is 0.490 e. The molecule has 1 aliphatic carbocycles. The number of nitrogens with two attached hydrogens (primary N) is 1. The van der Waals surface area contributed by atoms with Crippen molar-refractivity contribution in [3.8, 4) is 5.75 Å². The van der Waals surface area contributed by atoms with E-state index < -0.39 is 0 Å². The van der Waals surface area contributed by atoms with E-state index in [1.165, 1.54) is 24.0 Å². The molecule has 1 heterocycles. The average molecular weight is 217 g/mol. The first-order valence-corrected chi connectivity index (χ1v) is 6.27. The van der Waals surface area contributed by atoms with Gasteiger partial charge in [-0.1, -0.05) is 25.0 Å². The molecule has 1 aliphatic heterocycles. The first kappa shape index (κ1) is 10.2. The number of hydrogen-bond donors (Lipinski definition) is 1. The van der Waals surface area contributed by atoms with Gasteiger partial charge in [0.2, 0.25) is 0 Å². The van der Waals surface area contributed by atoms with Crippen LogP contribution in [-0.4, -0.2) is 6.10 Å². The SMILES string of the molecule is CC1Cc2cc(C(N)CC3CC3)ccc2O1. The summed E-state index contributed by atoms with van der Waals surface area (Å²) in [7, 11) is 0. The Labute approximate surface area is 96.8 Å². The Bertz CT molecular complexity index is 398. The van der Waals surface area contributed by atoms with Crippen LogP contribution in [0.4, 0.5) is 0 Å². The van der Waals surface area contributed by atoms with E-state index in [0.29, 0.717) is 6.10 Å². The van der Waals surface area contributed by atoms with Crippen LogP contribution in [0.5, 0.6) is 5.75 Å². The normalized spacial score (nSPS) is 25.0. The van der Waals surface area contributed by atoms with Crippen LogP contribution in [0.15, 0.2) is 18.2 Å². The van der Waals surface area contributed by atoms with Gasteiger partial charge in [-0.3, -0.25) is 0 Å². The zero-order chi connectivity index (χ0) is 11.1. The second-order valence-electron chi connectivity index (χ2n) is 5.29. The van der Waals surface area contributed by atoms with Crippen molar-refractivity contribution < 1.29 is 4.74 Å². The molecule has 3 rings (SSSR count). The first-order valence-electron chi connectivity index (χ1n) is 6.27. The molecular formula is C14H19NO. The Hall–Kier alpha value is -1.02. The molecule has 86 valence electrons. The van der Waals surface area contributed by atoms with E-state index in [0.717, 1.165) is 24.5 Å². The minimum absolute atomic E-state index is 0.216. The maximum Gasteiger partial charge on any atom is 0.123 e. The molecule has 2 aliphatic rings. The number of fused-ring (bicyclic) bond motifs is 1. The predicted molar refractivity (Wildman–Crippen MR) is 64.5 cm³/mol. The number of hydrogen-bond acceptors (Lipinski definition) is 2. The Kier molecular flexibility index (Phi) is 2.40. The molecule has 1 aromatic carbocycles. The quantitative estimate of drug-likeness (QED) is 0.845. The molecule has 2 N–H and O–H groups in total. The minimum Gasteiger partial charge on any atom is -0.490 e. The lowest BCUT2D eigenvalue weighted by molar-refractivity contribution is 0.254. The number of benzene rings is 1. The van der Waals surface area contributed by atoms with Crippen molar-refractivity contribution in [1.29, 1.82) is 0 Å². The summed E-state index contributed by atoms with van der Waals surface area (Å²) in [4.78, 5) is 0. The monoisotopic (exact) mass is 217 g/mol. The van der Waals surface area contributed by atoms with Crippen LogP contribution in [0.25, 0.3) is 0 Å².